The Labute approximate surface area is 190 Å². The van der Waals surface area contributed by atoms with Crippen molar-refractivity contribution in [3.63, 3.8) is 0 Å². The predicted octanol–water partition coefficient (Wildman–Crippen LogP) is 8.41. The van der Waals surface area contributed by atoms with Crippen LogP contribution in [0.15, 0.2) is 140 Å². The van der Waals surface area contributed by atoms with Gasteiger partial charge in [-0.05, 0) is 65.1 Å². The molecule has 0 N–H and O–H groups in total. The SMILES string of the molecule is c1ccc(N(c2ccccc2)c2ccccc2)cc1.c1ccc2c(c1)Cc1ccccc1-2. The molecule has 0 saturated carbocycles. The quantitative estimate of drug-likeness (QED) is 0.282. The standard InChI is InChI=1S/C18H15N.C13H10/c1-4-10-16(11-5-1)19(17-12-6-2-7-13-17)18-14-8-3-9-15-18;1-3-7-12-10(5-1)9-11-6-2-4-8-13(11)12/h1-15H;1-8H,9H2. The largest absolute Gasteiger partial charge is 0.311 e. The first-order chi connectivity index (χ1) is 15.9. The summed E-state index contributed by atoms with van der Waals surface area (Å²) in [5.74, 6) is 0. The molecule has 5 aromatic carbocycles. The zero-order valence-corrected chi connectivity index (χ0v) is 17.9. The van der Waals surface area contributed by atoms with Crippen LogP contribution in [-0.4, -0.2) is 0 Å². The molecule has 1 nitrogen and oxygen atoms in total. The fourth-order valence-electron chi connectivity index (χ4n) is 4.26. The highest BCUT2D eigenvalue weighted by atomic mass is 15.1. The second-order valence-corrected chi connectivity index (χ2v) is 7.83. The molecule has 0 aromatic heterocycles. The maximum absolute atomic E-state index is 2.25. The van der Waals surface area contributed by atoms with E-state index in [-0.39, 0.29) is 0 Å². The van der Waals surface area contributed by atoms with Crippen molar-refractivity contribution in [3.05, 3.63) is 151 Å². The Kier molecular flexibility index (Phi) is 5.80. The highest BCUT2D eigenvalue weighted by Crippen LogP contribution is 2.36. The molecule has 1 aliphatic rings. The normalized spacial score (nSPS) is 11.0. The molecule has 1 heteroatoms. The van der Waals surface area contributed by atoms with Crippen molar-refractivity contribution in [3.8, 4) is 11.1 Å². The van der Waals surface area contributed by atoms with Crippen LogP contribution in [0, 0.1) is 0 Å². The van der Waals surface area contributed by atoms with Gasteiger partial charge in [-0.1, -0.05) is 103 Å². The minimum Gasteiger partial charge on any atom is -0.311 e. The number of para-hydroxylation sites is 3. The molecule has 0 unspecified atom stereocenters. The van der Waals surface area contributed by atoms with Crippen molar-refractivity contribution < 1.29 is 0 Å². The van der Waals surface area contributed by atoms with E-state index < -0.39 is 0 Å². The second-order valence-electron chi connectivity index (χ2n) is 7.83. The third-order valence-corrected chi connectivity index (χ3v) is 5.75. The van der Waals surface area contributed by atoms with Crippen LogP contribution in [0.3, 0.4) is 0 Å². The van der Waals surface area contributed by atoms with E-state index in [1.807, 2.05) is 18.2 Å². The molecule has 5 aromatic rings. The monoisotopic (exact) mass is 411 g/mol. The van der Waals surface area contributed by atoms with Gasteiger partial charge in [-0.3, -0.25) is 0 Å². The van der Waals surface area contributed by atoms with Gasteiger partial charge in [-0.2, -0.15) is 0 Å². The van der Waals surface area contributed by atoms with Crippen LogP contribution in [0.25, 0.3) is 11.1 Å². The molecule has 0 amide bonds. The van der Waals surface area contributed by atoms with Gasteiger partial charge in [-0.25, -0.2) is 0 Å². The van der Waals surface area contributed by atoms with Crippen molar-refractivity contribution in [1.82, 2.24) is 0 Å². The van der Waals surface area contributed by atoms with E-state index in [2.05, 4.69) is 126 Å². The van der Waals surface area contributed by atoms with Gasteiger partial charge in [0, 0.05) is 17.1 Å². The minimum absolute atomic E-state index is 1.10. The maximum atomic E-state index is 2.25. The molecule has 0 radical (unpaired) electrons. The Hall–Kier alpha value is -4.10. The van der Waals surface area contributed by atoms with Gasteiger partial charge < -0.3 is 4.90 Å². The van der Waals surface area contributed by atoms with Gasteiger partial charge >= 0.3 is 0 Å². The molecule has 0 atom stereocenters. The molecule has 32 heavy (non-hydrogen) atoms. The number of benzene rings is 5. The Bertz CT molecular complexity index is 1140. The molecule has 0 fully saturated rings. The van der Waals surface area contributed by atoms with E-state index in [1.54, 1.807) is 0 Å². The third kappa shape index (κ3) is 4.19. The van der Waals surface area contributed by atoms with Crippen LogP contribution in [0.4, 0.5) is 17.1 Å². The summed E-state index contributed by atoms with van der Waals surface area (Å²) in [6.45, 7) is 0. The Morgan fingerprint density at radius 3 is 1.03 bits per heavy atom. The van der Waals surface area contributed by atoms with Gasteiger partial charge in [0.1, 0.15) is 0 Å². The zero-order chi connectivity index (χ0) is 21.6. The van der Waals surface area contributed by atoms with Crippen molar-refractivity contribution in [2.24, 2.45) is 0 Å². The summed E-state index contributed by atoms with van der Waals surface area (Å²) >= 11 is 0. The first-order valence-electron chi connectivity index (χ1n) is 11.0. The lowest BCUT2D eigenvalue weighted by molar-refractivity contribution is 1.26. The average molecular weight is 412 g/mol. The lowest BCUT2D eigenvalue weighted by Gasteiger charge is -2.25. The molecule has 1 aliphatic carbocycles. The fraction of sp³-hybridized carbons (Fsp3) is 0.0323. The summed E-state index contributed by atoms with van der Waals surface area (Å²) < 4.78 is 0. The molecule has 0 bridgehead atoms. The number of fused-ring (bicyclic) bond motifs is 3. The van der Waals surface area contributed by atoms with Crippen molar-refractivity contribution in [1.29, 1.82) is 0 Å². The number of nitrogens with zero attached hydrogens (tertiary/aromatic N) is 1. The number of anilines is 3. The lowest BCUT2D eigenvalue weighted by Crippen LogP contribution is -2.09. The Morgan fingerprint density at radius 2 is 0.656 bits per heavy atom. The molecule has 154 valence electrons. The number of hydrogen-bond acceptors (Lipinski definition) is 1. The van der Waals surface area contributed by atoms with Crippen LogP contribution in [0.2, 0.25) is 0 Å². The average Bonchev–Trinajstić information content (AvgIpc) is 3.26. The van der Waals surface area contributed by atoms with Crippen LogP contribution < -0.4 is 4.90 Å². The van der Waals surface area contributed by atoms with Crippen LogP contribution >= 0.6 is 0 Å². The van der Waals surface area contributed by atoms with Gasteiger partial charge in [0.15, 0.2) is 0 Å². The molecule has 0 spiro atoms. The maximum Gasteiger partial charge on any atom is 0.0461 e. The highest BCUT2D eigenvalue weighted by molar-refractivity contribution is 5.77. The first kappa shape index (κ1) is 19.8. The molecule has 0 saturated heterocycles. The van der Waals surface area contributed by atoms with Crippen LogP contribution in [0.1, 0.15) is 11.1 Å². The van der Waals surface area contributed by atoms with Crippen molar-refractivity contribution in [2.45, 2.75) is 6.42 Å². The summed E-state index contributed by atoms with van der Waals surface area (Å²) in [6, 6.07) is 48.6. The van der Waals surface area contributed by atoms with Crippen molar-refractivity contribution >= 4 is 17.1 Å². The highest BCUT2D eigenvalue weighted by Gasteiger charge is 2.15. The van der Waals surface area contributed by atoms with E-state index in [1.165, 1.54) is 39.3 Å². The van der Waals surface area contributed by atoms with Gasteiger partial charge in [0.05, 0.1) is 0 Å². The van der Waals surface area contributed by atoms with Crippen LogP contribution in [-0.2, 0) is 6.42 Å². The van der Waals surface area contributed by atoms with Gasteiger partial charge in [0.25, 0.3) is 0 Å². The van der Waals surface area contributed by atoms with Crippen molar-refractivity contribution in [2.75, 3.05) is 4.90 Å². The third-order valence-electron chi connectivity index (χ3n) is 5.75. The Morgan fingerprint density at radius 1 is 0.344 bits per heavy atom. The fourth-order valence-corrected chi connectivity index (χ4v) is 4.26. The second kappa shape index (κ2) is 9.36. The lowest BCUT2D eigenvalue weighted by atomic mass is 10.1. The van der Waals surface area contributed by atoms with Crippen LogP contribution in [0.5, 0.6) is 0 Å². The topological polar surface area (TPSA) is 3.24 Å². The molecule has 6 rings (SSSR count). The number of hydrogen-bond donors (Lipinski definition) is 0. The zero-order valence-electron chi connectivity index (χ0n) is 17.9. The number of rotatable bonds is 3. The minimum atomic E-state index is 1.10. The van der Waals surface area contributed by atoms with Gasteiger partial charge in [-0.15, -0.1) is 0 Å². The molecular weight excluding hydrogens is 386 g/mol. The summed E-state index contributed by atoms with van der Waals surface area (Å²) in [5.41, 5.74) is 9.25. The molecular formula is C31H25N. The van der Waals surface area contributed by atoms with E-state index in [4.69, 9.17) is 0 Å². The summed E-state index contributed by atoms with van der Waals surface area (Å²) in [6.07, 6.45) is 1.10. The molecule has 0 aliphatic heterocycles. The van der Waals surface area contributed by atoms with E-state index >= 15 is 0 Å². The smallest absolute Gasteiger partial charge is 0.0461 e. The van der Waals surface area contributed by atoms with E-state index in [0.717, 1.165) is 6.42 Å². The molecule has 0 heterocycles. The Balaban J connectivity index is 0.000000144. The predicted molar refractivity (Wildman–Crippen MR) is 136 cm³/mol. The van der Waals surface area contributed by atoms with Gasteiger partial charge in [0.2, 0.25) is 0 Å². The first-order valence-corrected chi connectivity index (χ1v) is 11.0. The summed E-state index contributed by atoms with van der Waals surface area (Å²) in [4.78, 5) is 2.25. The summed E-state index contributed by atoms with van der Waals surface area (Å²) in [5, 5.41) is 0. The summed E-state index contributed by atoms with van der Waals surface area (Å²) in [7, 11) is 0. The van der Waals surface area contributed by atoms with E-state index in [9.17, 15) is 0 Å². The van der Waals surface area contributed by atoms with E-state index in [0.29, 0.717) is 0 Å².